The molecule has 0 bridgehead atoms. The van der Waals surface area contributed by atoms with Gasteiger partial charge >= 0.3 is 0 Å². The summed E-state index contributed by atoms with van der Waals surface area (Å²) in [5.41, 5.74) is 0. The predicted octanol–water partition coefficient (Wildman–Crippen LogP) is 2.40. The van der Waals surface area contributed by atoms with E-state index < -0.39 is 0 Å². The number of nitrogens with zero attached hydrogens (tertiary/aromatic N) is 2. The van der Waals surface area contributed by atoms with Gasteiger partial charge in [0.25, 0.3) is 0 Å². The number of carbonyl (C=O) groups is 2. The van der Waals surface area contributed by atoms with Crippen molar-refractivity contribution in [1.29, 1.82) is 0 Å². The molecule has 1 N–H and O–H groups in total. The van der Waals surface area contributed by atoms with Gasteiger partial charge in [0.2, 0.25) is 11.8 Å². The van der Waals surface area contributed by atoms with Crippen LogP contribution < -0.4 is 5.32 Å². The van der Waals surface area contributed by atoms with Crippen molar-refractivity contribution in [3.05, 3.63) is 22.4 Å². The van der Waals surface area contributed by atoms with Crippen molar-refractivity contribution < 1.29 is 9.59 Å². The Kier molecular flexibility index (Phi) is 5.56. The van der Waals surface area contributed by atoms with Crippen LogP contribution in [0.5, 0.6) is 0 Å². The lowest BCUT2D eigenvalue weighted by atomic mass is 10.0. The maximum absolute atomic E-state index is 12.5. The smallest absolute Gasteiger partial charge is 0.234 e. The second-order valence-corrected chi connectivity index (χ2v) is 7.89. The standard InChI is InChI=1S/C18H27N3O2S/c1-13(17-8-5-11-24-17)19-18(23)12-20-9-3-6-15(20)16-7-4-10-21(16)14(2)22/h5,8,11,13,15-16H,3-4,6-7,9-10,12H2,1-2H3,(H,19,23). The highest BCUT2D eigenvalue weighted by Gasteiger charge is 2.39. The van der Waals surface area contributed by atoms with Gasteiger partial charge < -0.3 is 10.2 Å². The fraction of sp³-hybridized carbons (Fsp3) is 0.667. The summed E-state index contributed by atoms with van der Waals surface area (Å²) in [6.07, 6.45) is 4.34. The second kappa shape index (κ2) is 7.66. The van der Waals surface area contributed by atoms with Crippen molar-refractivity contribution in [2.45, 2.75) is 57.7 Å². The van der Waals surface area contributed by atoms with E-state index >= 15 is 0 Å². The van der Waals surface area contributed by atoms with E-state index in [0.717, 1.165) is 38.8 Å². The van der Waals surface area contributed by atoms with Crippen LogP contribution in [0.1, 0.15) is 50.4 Å². The highest BCUT2D eigenvalue weighted by molar-refractivity contribution is 7.10. The first-order valence-corrected chi connectivity index (χ1v) is 9.78. The molecule has 1 aromatic heterocycles. The third-order valence-corrected chi connectivity index (χ3v) is 6.31. The summed E-state index contributed by atoms with van der Waals surface area (Å²) >= 11 is 1.67. The zero-order chi connectivity index (χ0) is 17.1. The van der Waals surface area contributed by atoms with Gasteiger partial charge in [-0.3, -0.25) is 14.5 Å². The maximum atomic E-state index is 12.5. The van der Waals surface area contributed by atoms with Crippen LogP contribution in [-0.4, -0.2) is 53.3 Å². The number of rotatable bonds is 5. The Bertz CT molecular complexity index is 575. The Hall–Kier alpha value is -1.40. The van der Waals surface area contributed by atoms with E-state index in [1.165, 1.54) is 4.88 Å². The van der Waals surface area contributed by atoms with Crippen LogP contribution in [0.4, 0.5) is 0 Å². The van der Waals surface area contributed by atoms with Crippen molar-refractivity contribution in [3.8, 4) is 0 Å². The van der Waals surface area contributed by atoms with E-state index in [1.54, 1.807) is 18.3 Å². The van der Waals surface area contributed by atoms with Crippen LogP contribution in [-0.2, 0) is 9.59 Å². The minimum atomic E-state index is 0.0544. The second-order valence-electron chi connectivity index (χ2n) is 6.91. The van der Waals surface area contributed by atoms with Crippen LogP contribution in [0.15, 0.2) is 17.5 Å². The summed E-state index contributed by atoms with van der Waals surface area (Å²) in [6, 6.07) is 4.73. The van der Waals surface area contributed by atoms with Crippen molar-refractivity contribution >= 4 is 23.2 Å². The van der Waals surface area contributed by atoms with E-state index in [4.69, 9.17) is 0 Å². The molecule has 0 aromatic carbocycles. The van der Waals surface area contributed by atoms with E-state index in [0.29, 0.717) is 12.6 Å². The first-order valence-electron chi connectivity index (χ1n) is 8.90. The van der Waals surface area contributed by atoms with Crippen LogP contribution in [0.2, 0.25) is 0 Å². The molecule has 6 heteroatoms. The molecule has 24 heavy (non-hydrogen) atoms. The van der Waals surface area contributed by atoms with E-state index in [-0.39, 0.29) is 23.9 Å². The van der Waals surface area contributed by atoms with E-state index in [1.807, 2.05) is 23.3 Å². The highest BCUT2D eigenvalue weighted by atomic mass is 32.1. The average molecular weight is 350 g/mol. The number of likely N-dealkylation sites (tertiary alicyclic amines) is 2. The summed E-state index contributed by atoms with van der Waals surface area (Å²) in [4.78, 5) is 29.8. The Morgan fingerprint density at radius 1 is 1.29 bits per heavy atom. The van der Waals surface area contributed by atoms with Gasteiger partial charge in [0.1, 0.15) is 0 Å². The highest BCUT2D eigenvalue weighted by Crippen LogP contribution is 2.30. The first kappa shape index (κ1) is 17.4. The molecule has 5 nitrogen and oxygen atoms in total. The summed E-state index contributed by atoms with van der Waals surface area (Å²) in [5, 5.41) is 5.14. The Morgan fingerprint density at radius 3 is 2.75 bits per heavy atom. The number of nitrogens with one attached hydrogen (secondary N) is 1. The number of thiophene rings is 1. The Morgan fingerprint density at radius 2 is 2.04 bits per heavy atom. The molecular formula is C18H27N3O2S. The van der Waals surface area contributed by atoms with Gasteiger partial charge in [-0.1, -0.05) is 6.07 Å². The van der Waals surface area contributed by atoms with Crippen molar-refractivity contribution in [3.63, 3.8) is 0 Å². The molecule has 0 aliphatic carbocycles. The lowest BCUT2D eigenvalue weighted by Gasteiger charge is -2.34. The molecule has 0 radical (unpaired) electrons. The molecule has 2 fully saturated rings. The normalized spacial score (nSPS) is 25.8. The van der Waals surface area contributed by atoms with Crippen LogP contribution in [0.3, 0.4) is 0 Å². The quantitative estimate of drug-likeness (QED) is 0.888. The molecule has 3 heterocycles. The Labute approximate surface area is 148 Å². The molecule has 1 aromatic rings. The van der Waals surface area contributed by atoms with Crippen molar-refractivity contribution in [2.75, 3.05) is 19.6 Å². The lowest BCUT2D eigenvalue weighted by Crippen LogP contribution is -2.50. The zero-order valence-corrected chi connectivity index (χ0v) is 15.3. The van der Waals surface area contributed by atoms with Gasteiger partial charge in [-0.25, -0.2) is 0 Å². The third kappa shape index (κ3) is 3.81. The summed E-state index contributed by atoms with van der Waals surface area (Å²) < 4.78 is 0. The molecule has 2 amide bonds. The molecule has 2 aliphatic rings. The molecule has 132 valence electrons. The molecule has 3 rings (SSSR count). The van der Waals surface area contributed by atoms with E-state index in [2.05, 4.69) is 16.3 Å². The number of amides is 2. The summed E-state index contributed by atoms with van der Waals surface area (Å²) in [7, 11) is 0. The summed E-state index contributed by atoms with van der Waals surface area (Å²) in [6.45, 7) is 5.94. The number of hydrogen-bond acceptors (Lipinski definition) is 4. The van der Waals surface area contributed by atoms with Gasteiger partial charge in [0, 0.05) is 30.4 Å². The molecule has 3 unspecified atom stereocenters. The monoisotopic (exact) mass is 349 g/mol. The molecule has 0 spiro atoms. The van der Waals surface area contributed by atoms with Crippen molar-refractivity contribution in [1.82, 2.24) is 15.1 Å². The number of hydrogen-bond donors (Lipinski definition) is 1. The molecule has 0 saturated carbocycles. The van der Waals surface area contributed by atoms with Gasteiger partial charge in [-0.05, 0) is 50.6 Å². The van der Waals surface area contributed by atoms with Gasteiger partial charge in [-0.15, -0.1) is 11.3 Å². The fourth-order valence-corrected chi connectivity index (χ4v) is 4.88. The van der Waals surface area contributed by atoms with Gasteiger partial charge in [0.15, 0.2) is 0 Å². The first-order chi connectivity index (χ1) is 11.6. The maximum Gasteiger partial charge on any atom is 0.234 e. The van der Waals surface area contributed by atoms with Crippen LogP contribution >= 0.6 is 11.3 Å². The van der Waals surface area contributed by atoms with Crippen molar-refractivity contribution in [2.24, 2.45) is 0 Å². The predicted molar refractivity (Wildman–Crippen MR) is 95.9 cm³/mol. The van der Waals surface area contributed by atoms with Gasteiger partial charge in [-0.2, -0.15) is 0 Å². The Balaban J connectivity index is 1.57. The molecule has 3 atom stereocenters. The minimum absolute atomic E-state index is 0.0544. The molecule has 2 aliphatic heterocycles. The average Bonchev–Trinajstić information content (AvgIpc) is 3.28. The van der Waals surface area contributed by atoms with Crippen LogP contribution in [0, 0.1) is 0 Å². The molecule has 2 saturated heterocycles. The third-order valence-electron chi connectivity index (χ3n) is 5.26. The molecular weight excluding hydrogens is 322 g/mol. The zero-order valence-electron chi connectivity index (χ0n) is 14.5. The van der Waals surface area contributed by atoms with E-state index in [9.17, 15) is 9.59 Å². The van der Waals surface area contributed by atoms with Crippen LogP contribution in [0.25, 0.3) is 0 Å². The number of carbonyl (C=O) groups excluding carboxylic acids is 2. The topological polar surface area (TPSA) is 52.7 Å². The SMILES string of the molecule is CC(=O)N1CCCC1C1CCCN1CC(=O)NC(C)c1cccs1. The lowest BCUT2D eigenvalue weighted by molar-refractivity contribution is -0.130. The van der Waals surface area contributed by atoms with Gasteiger partial charge in [0.05, 0.1) is 12.6 Å². The summed E-state index contributed by atoms with van der Waals surface area (Å²) in [5.74, 6) is 0.246. The largest absolute Gasteiger partial charge is 0.348 e. The fourth-order valence-electron chi connectivity index (χ4n) is 4.15. The minimum Gasteiger partial charge on any atom is -0.348 e.